The number of rotatable bonds is 3. The number of hydrogen-bond donors (Lipinski definition) is 2. The van der Waals surface area contributed by atoms with Gasteiger partial charge >= 0.3 is 0 Å². The summed E-state index contributed by atoms with van der Waals surface area (Å²) in [4.78, 5) is 12.0. The Balaban J connectivity index is 1.68. The van der Waals surface area contributed by atoms with Gasteiger partial charge in [-0.05, 0) is 24.3 Å². The molecule has 6 nitrogen and oxygen atoms in total. The maximum atomic E-state index is 4.89. The summed E-state index contributed by atoms with van der Waals surface area (Å²) >= 11 is 0. The van der Waals surface area contributed by atoms with E-state index in [1.165, 1.54) is 5.69 Å². The van der Waals surface area contributed by atoms with E-state index in [2.05, 4.69) is 38.6 Å². The summed E-state index contributed by atoms with van der Waals surface area (Å²) in [5.41, 5.74) is 6.40. The smallest absolute Gasteiger partial charge is 0.0980 e. The molecule has 4 heterocycles. The molecule has 128 valence electrons. The number of imidazole rings is 1. The second-order valence-corrected chi connectivity index (χ2v) is 6.35. The van der Waals surface area contributed by atoms with Crippen molar-refractivity contribution in [1.82, 2.24) is 30.0 Å². The molecule has 1 aliphatic heterocycles. The first-order chi connectivity index (χ1) is 12.9. The number of nitrogens with one attached hydrogen (secondary N) is 2. The molecular weight excluding hydrogens is 324 g/mol. The Hall–Kier alpha value is -3.25. The van der Waals surface area contributed by atoms with Gasteiger partial charge in [0.25, 0.3) is 0 Å². The highest BCUT2D eigenvalue weighted by molar-refractivity contribution is 5.64. The van der Waals surface area contributed by atoms with Crippen LogP contribution >= 0.6 is 0 Å². The van der Waals surface area contributed by atoms with Crippen molar-refractivity contribution in [3.8, 4) is 16.9 Å². The minimum absolute atomic E-state index is 0.0191. The van der Waals surface area contributed by atoms with E-state index in [4.69, 9.17) is 5.10 Å². The van der Waals surface area contributed by atoms with Crippen LogP contribution in [0.3, 0.4) is 0 Å². The number of benzene rings is 1. The molecule has 0 radical (unpaired) electrons. The third-order valence-corrected chi connectivity index (χ3v) is 4.78. The molecule has 1 aliphatic rings. The third-order valence-electron chi connectivity index (χ3n) is 4.78. The molecule has 3 aromatic heterocycles. The zero-order valence-corrected chi connectivity index (χ0v) is 14.1. The van der Waals surface area contributed by atoms with Gasteiger partial charge in [-0.25, -0.2) is 9.67 Å². The summed E-state index contributed by atoms with van der Waals surface area (Å²) in [5, 5.41) is 8.50. The maximum Gasteiger partial charge on any atom is 0.0980 e. The molecule has 0 amide bonds. The van der Waals surface area contributed by atoms with Crippen molar-refractivity contribution in [2.24, 2.45) is 0 Å². The second-order valence-electron chi connectivity index (χ2n) is 6.35. The van der Waals surface area contributed by atoms with Crippen LogP contribution in [0.15, 0.2) is 67.4 Å². The fraction of sp³-hybridized carbons (Fsp3) is 0.150. The molecular formula is C20H18N6. The van der Waals surface area contributed by atoms with Gasteiger partial charge < -0.3 is 10.3 Å². The highest BCUT2D eigenvalue weighted by Gasteiger charge is 2.28. The number of fused-ring (bicyclic) bond motifs is 1. The summed E-state index contributed by atoms with van der Waals surface area (Å²) in [6.07, 6.45) is 8.44. The largest absolute Gasteiger partial charge is 0.348 e. The number of hydrogen-bond acceptors (Lipinski definition) is 4. The van der Waals surface area contributed by atoms with Crippen molar-refractivity contribution in [3.63, 3.8) is 0 Å². The van der Waals surface area contributed by atoms with Gasteiger partial charge in [0.05, 0.1) is 29.4 Å². The van der Waals surface area contributed by atoms with Crippen LogP contribution in [0, 0.1) is 0 Å². The summed E-state index contributed by atoms with van der Waals surface area (Å²) in [7, 11) is 0. The minimum Gasteiger partial charge on any atom is -0.348 e. The van der Waals surface area contributed by atoms with Crippen LogP contribution in [-0.4, -0.2) is 31.3 Å². The van der Waals surface area contributed by atoms with E-state index in [0.717, 1.165) is 41.2 Å². The Labute approximate surface area is 150 Å². The Bertz CT molecular complexity index is 1020. The molecule has 0 spiro atoms. The standard InChI is InChI=1S/C20H18N6/c1-2-4-15(5-3-1)26-12-16(18(25-26)14-6-9-21-10-7-14)19-20-17(8-11-22-19)23-13-24-20/h1-7,9-10,12-13,19,22H,8,11H2,(H,23,24)/t19-/m1/s1. The van der Waals surface area contributed by atoms with Crippen molar-refractivity contribution in [2.75, 3.05) is 6.54 Å². The van der Waals surface area contributed by atoms with Gasteiger partial charge in [-0.2, -0.15) is 5.10 Å². The maximum absolute atomic E-state index is 4.89. The Morgan fingerprint density at radius 3 is 2.73 bits per heavy atom. The lowest BCUT2D eigenvalue weighted by Gasteiger charge is -2.23. The fourth-order valence-electron chi connectivity index (χ4n) is 3.52. The molecule has 0 fully saturated rings. The average Bonchev–Trinajstić information content (AvgIpc) is 3.36. The van der Waals surface area contributed by atoms with Gasteiger partial charge in [0.15, 0.2) is 0 Å². The molecule has 5 rings (SSSR count). The number of pyridine rings is 1. The van der Waals surface area contributed by atoms with Crippen molar-refractivity contribution in [3.05, 3.63) is 84.3 Å². The van der Waals surface area contributed by atoms with E-state index < -0.39 is 0 Å². The molecule has 0 bridgehead atoms. The molecule has 1 aromatic carbocycles. The Kier molecular flexibility index (Phi) is 3.61. The number of para-hydroxylation sites is 1. The summed E-state index contributed by atoms with van der Waals surface area (Å²) in [6.45, 7) is 0.909. The van der Waals surface area contributed by atoms with Crippen LogP contribution in [0.2, 0.25) is 0 Å². The summed E-state index contributed by atoms with van der Waals surface area (Å²) in [5.74, 6) is 0. The molecule has 0 unspecified atom stereocenters. The van der Waals surface area contributed by atoms with Gasteiger partial charge in [-0.1, -0.05) is 18.2 Å². The van der Waals surface area contributed by atoms with Gasteiger partial charge in [0.2, 0.25) is 0 Å². The van der Waals surface area contributed by atoms with Crippen LogP contribution in [0.1, 0.15) is 23.0 Å². The normalized spacial score (nSPS) is 16.4. The number of aromatic amines is 1. The SMILES string of the molecule is c1ccc(-n2cc([C@H]3NCCc4[nH]cnc43)c(-c3ccncc3)n2)cc1. The molecule has 4 aromatic rings. The van der Waals surface area contributed by atoms with Gasteiger partial charge in [0, 0.05) is 48.4 Å². The number of nitrogens with zero attached hydrogens (tertiary/aromatic N) is 4. The van der Waals surface area contributed by atoms with Crippen LogP contribution in [-0.2, 0) is 6.42 Å². The van der Waals surface area contributed by atoms with Crippen LogP contribution in [0.25, 0.3) is 16.9 Å². The number of aromatic nitrogens is 5. The van der Waals surface area contributed by atoms with Gasteiger partial charge in [-0.15, -0.1) is 0 Å². The predicted molar refractivity (Wildman–Crippen MR) is 98.9 cm³/mol. The van der Waals surface area contributed by atoms with E-state index in [-0.39, 0.29) is 6.04 Å². The van der Waals surface area contributed by atoms with Crippen LogP contribution in [0.5, 0.6) is 0 Å². The van der Waals surface area contributed by atoms with E-state index in [9.17, 15) is 0 Å². The lowest BCUT2D eigenvalue weighted by molar-refractivity contribution is 0.554. The van der Waals surface area contributed by atoms with Crippen molar-refractivity contribution >= 4 is 0 Å². The van der Waals surface area contributed by atoms with Crippen molar-refractivity contribution in [1.29, 1.82) is 0 Å². The zero-order valence-electron chi connectivity index (χ0n) is 14.1. The first-order valence-electron chi connectivity index (χ1n) is 8.71. The Morgan fingerprint density at radius 2 is 1.88 bits per heavy atom. The van der Waals surface area contributed by atoms with Crippen molar-refractivity contribution < 1.29 is 0 Å². The monoisotopic (exact) mass is 342 g/mol. The first kappa shape index (κ1) is 15.0. The molecule has 0 saturated heterocycles. The van der Waals surface area contributed by atoms with E-state index in [1.807, 2.05) is 35.0 Å². The Morgan fingerprint density at radius 1 is 1.04 bits per heavy atom. The summed E-state index contributed by atoms with van der Waals surface area (Å²) < 4.78 is 1.94. The van der Waals surface area contributed by atoms with Crippen LogP contribution < -0.4 is 5.32 Å². The first-order valence-corrected chi connectivity index (χ1v) is 8.71. The van der Waals surface area contributed by atoms with Crippen molar-refractivity contribution in [2.45, 2.75) is 12.5 Å². The molecule has 1 atom stereocenters. The quantitative estimate of drug-likeness (QED) is 0.600. The number of H-pyrrole nitrogens is 1. The average molecular weight is 342 g/mol. The van der Waals surface area contributed by atoms with Crippen LogP contribution in [0.4, 0.5) is 0 Å². The lowest BCUT2D eigenvalue weighted by Crippen LogP contribution is -2.30. The molecule has 0 aliphatic carbocycles. The molecule has 2 N–H and O–H groups in total. The third kappa shape index (κ3) is 2.51. The molecule has 0 saturated carbocycles. The predicted octanol–water partition coefficient (Wildman–Crippen LogP) is 2.89. The van der Waals surface area contributed by atoms with E-state index in [0.29, 0.717) is 0 Å². The topological polar surface area (TPSA) is 71.4 Å². The minimum atomic E-state index is 0.0191. The zero-order chi connectivity index (χ0) is 17.3. The molecule has 26 heavy (non-hydrogen) atoms. The highest BCUT2D eigenvalue weighted by atomic mass is 15.3. The lowest BCUT2D eigenvalue weighted by atomic mass is 9.96. The summed E-state index contributed by atoms with van der Waals surface area (Å²) in [6, 6.07) is 14.2. The second kappa shape index (κ2) is 6.24. The van der Waals surface area contributed by atoms with E-state index >= 15 is 0 Å². The molecule has 6 heteroatoms. The van der Waals surface area contributed by atoms with Gasteiger partial charge in [0.1, 0.15) is 0 Å². The van der Waals surface area contributed by atoms with E-state index in [1.54, 1.807) is 18.7 Å². The highest BCUT2D eigenvalue weighted by Crippen LogP contribution is 2.33. The van der Waals surface area contributed by atoms with Gasteiger partial charge in [-0.3, -0.25) is 4.98 Å². The fourth-order valence-corrected chi connectivity index (χ4v) is 3.52.